The number of rotatable bonds is 5. The minimum absolute atomic E-state index is 0.336. The number of fused-ring (bicyclic) bond motifs is 2. The van der Waals surface area contributed by atoms with Crippen LogP contribution in [0.25, 0.3) is 0 Å². The lowest BCUT2D eigenvalue weighted by Gasteiger charge is -2.22. The molecule has 2 aliphatic heterocycles. The van der Waals surface area contributed by atoms with Crippen LogP contribution in [0, 0.1) is 0 Å². The van der Waals surface area contributed by atoms with Gasteiger partial charge in [0.2, 0.25) is 5.88 Å². The molecule has 4 rings (SSSR count). The van der Waals surface area contributed by atoms with E-state index in [4.69, 9.17) is 9.47 Å². The summed E-state index contributed by atoms with van der Waals surface area (Å²) >= 11 is 0. The predicted octanol–water partition coefficient (Wildman–Crippen LogP) is 2.39. The molecular weight excluding hydrogens is 316 g/mol. The number of hydrogen-bond donors (Lipinski definition) is 2. The van der Waals surface area contributed by atoms with Crippen molar-refractivity contribution in [1.29, 1.82) is 0 Å². The highest BCUT2D eigenvalue weighted by Gasteiger charge is 2.41. The Bertz CT molecular complexity index is 615. The summed E-state index contributed by atoms with van der Waals surface area (Å²) in [6, 6.07) is 4.42. The van der Waals surface area contributed by atoms with E-state index in [0.29, 0.717) is 30.9 Å². The molecular formula is C19H28N4O2. The smallest absolute Gasteiger partial charge is 0.213 e. The average molecular weight is 344 g/mol. The van der Waals surface area contributed by atoms with Gasteiger partial charge < -0.3 is 20.1 Å². The molecule has 2 saturated heterocycles. The fraction of sp³-hybridized carbons (Fsp3) is 0.684. The van der Waals surface area contributed by atoms with E-state index in [-0.39, 0.29) is 0 Å². The highest BCUT2D eigenvalue weighted by Crippen LogP contribution is 2.34. The Morgan fingerprint density at radius 2 is 2.20 bits per heavy atom. The first kappa shape index (κ1) is 16.6. The first-order valence-corrected chi connectivity index (χ1v) is 9.54. The van der Waals surface area contributed by atoms with E-state index in [9.17, 15) is 0 Å². The molecule has 1 aliphatic carbocycles. The molecule has 3 atom stereocenters. The van der Waals surface area contributed by atoms with Crippen molar-refractivity contribution in [3.63, 3.8) is 0 Å². The van der Waals surface area contributed by atoms with Crippen LogP contribution in [0.15, 0.2) is 23.3 Å². The van der Waals surface area contributed by atoms with E-state index in [2.05, 4.69) is 20.6 Å². The SMILES string of the molecule is CN=C(NCc1ccnc(OC2CCCC2)c1)NC1CC2CCC1O2. The third kappa shape index (κ3) is 4.06. The summed E-state index contributed by atoms with van der Waals surface area (Å²) < 4.78 is 11.9. The van der Waals surface area contributed by atoms with E-state index in [1.165, 1.54) is 19.3 Å². The monoisotopic (exact) mass is 344 g/mol. The lowest BCUT2D eigenvalue weighted by atomic mass is 9.96. The van der Waals surface area contributed by atoms with Gasteiger partial charge >= 0.3 is 0 Å². The van der Waals surface area contributed by atoms with Crippen molar-refractivity contribution < 1.29 is 9.47 Å². The van der Waals surface area contributed by atoms with Gasteiger partial charge in [0.1, 0.15) is 6.10 Å². The zero-order valence-corrected chi connectivity index (χ0v) is 14.9. The van der Waals surface area contributed by atoms with Crippen LogP contribution in [0.5, 0.6) is 5.88 Å². The van der Waals surface area contributed by atoms with Crippen molar-refractivity contribution in [3.05, 3.63) is 23.9 Å². The highest BCUT2D eigenvalue weighted by molar-refractivity contribution is 5.80. The van der Waals surface area contributed by atoms with Crippen molar-refractivity contribution in [2.24, 2.45) is 4.99 Å². The molecule has 3 aliphatic rings. The molecule has 136 valence electrons. The van der Waals surface area contributed by atoms with Crippen LogP contribution in [0.4, 0.5) is 0 Å². The molecule has 0 amide bonds. The van der Waals surface area contributed by atoms with Crippen molar-refractivity contribution >= 4 is 5.96 Å². The van der Waals surface area contributed by atoms with Gasteiger partial charge in [-0.1, -0.05) is 0 Å². The summed E-state index contributed by atoms with van der Waals surface area (Å²) in [4.78, 5) is 8.69. The number of hydrogen-bond acceptors (Lipinski definition) is 4. The molecule has 1 aromatic rings. The molecule has 6 nitrogen and oxygen atoms in total. The van der Waals surface area contributed by atoms with E-state index in [1.807, 2.05) is 25.4 Å². The van der Waals surface area contributed by atoms with Crippen LogP contribution in [0.3, 0.4) is 0 Å². The zero-order chi connectivity index (χ0) is 17.1. The van der Waals surface area contributed by atoms with Crippen molar-refractivity contribution in [1.82, 2.24) is 15.6 Å². The lowest BCUT2D eigenvalue weighted by Crippen LogP contribution is -2.47. The number of pyridine rings is 1. The molecule has 1 saturated carbocycles. The molecule has 1 aromatic heterocycles. The topological polar surface area (TPSA) is 67.8 Å². The third-order valence-electron chi connectivity index (χ3n) is 5.50. The van der Waals surface area contributed by atoms with Crippen LogP contribution < -0.4 is 15.4 Å². The van der Waals surface area contributed by atoms with Gasteiger partial charge in [-0.15, -0.1) is 0 Å². The van der Waals surface area contributed by atoms with Crippen LogP contribution in [0.2, 0.25) is 0 Å². The Morgan fingerprint density at radius 1 is 1.32 bits per heavy atom. The third-order valence-corrected chi connectivity index (χ3v) is 5.50. The fourth-order valence-electron chi connectivity index (χ4n) is 4.15. The number of aromatic nitrogens is 1. The van der Waals surface area contributed by atoms with Gasteiger partial charge in [0.05, 0.1) is 18.2 Å². The van der Waals surface area contributed by atoms with Crippen molar-refractivity contribution in [2.45, 2.75) is 75.8 Å². The molecule has 0 spiro atoms. The van der Waals surface area contributed by atoms with Crippen LogP contribution >= 0.6 is 0 Å². The van der Waals surface area contributed by atoms with E-state index in [1.54, 1.807) is 0 Å². The Hall–Kier alpha value is -1.82. The second kappa shape index (κ2) is 7.60. The highest BCUT2D eigenvalue weighted by atomic mass is 16.5. The van der Waals surface area contributed by atoms with E-state index >= 15 is 0 Å². The second-order valence-corrected chi connectivity index (χ2v) is 7.31. The van der Waals surface area contributed by atoms with Crippen LogP contribution in [-0.2, 0) is 11.3 Å². The summed E-state index contributed by atoms with van der Waals surface area (Å²) in [5, 5.41) is 6.90. The minimum atomic E-state index is 0.336. The molecule has 3 unspecified atom stereocenters. The lowest BCUT2D eigenvalue weighted by molar-refractivity contribution is 0.0992. The minimum Gasteiger partial charge on any atom is -0.474 e. The van der Waals surface area contributed by atoms with Gasteiger partial charge in [0.25, 0.3) is 0 Å². The number of nitrogens with one attached hydrogen (secondary N) is 2. The summed E-state index contributed by atoms with van der Waals surface area (Å²) in [5.41, 5.74) is 1.15. The number of ether oxygens (including phenoxy) is 2. The molecule has 2 bridgehead atoms. The summed E-state index contributed by atoms with van der Waals surface area (Å²) in [5.74, 6) is 1.56. The maximum atomic E-state index is 5.99. The quantitative estimate of drug-likeness (QED) is 0.634. The van der Waals surface area contributed by atoms with Gasteiger partial charge in [-0.05, 0) is 56.6 Å². The number of nitrogens with zero attached hydrogens (tertiary/aromatic N) is 2. The average Bonchev–Trinajstić information content (AvgIpc) is 3.37. The van der Waals surface area contributed by atoms with Crippen molar-refractivity contribution in [3.8, 4) is 5.88 Å². The standard InChI is InChI=1S/C19H28N4O2/c1-20-19(23-16-11-15-6-7-17(16)24-15)22-12-13-8-9-21-18(10-13)25-14-4-2-3-5-14/h8-10,14-17H,2-7,11-12H2,1H3,(H2,20,22,23). The maximum Gasteiger partial charge on any atom is 0.213 e. The van der Waals surface area contributed by atoms with E-state index < -0.39 is 0 Å². The Labute approximate surface area is 149 Å². The van der Waals surface area contributed by atoms with Crippen LogP contribution in [0.1, 0.15) is 50.5 Å². The Balaban J connectivity index is 1.29. The Morgan fingerprint density at radius 3 is 2.92 bits per heavy atom. The van der Waals surface area contributed by atoms with Gasteiger partial charge in [-0.2, -0.15) is 0 Å². The van der Waals surface area contributed by atoms with Crippen molar-refractivity contribution in [2.75, 3.05) is 7.05 Å². The first-order chi connectivity index (χ1) is 12.3. The molecule has 3 fully saturated rings. The number of guanidine groups is 1. The van der Waals surface area contributed by atoms with Crippen LogP contribution in [-0.4, -0.2) is 42.3 Å². The maximum absolute atomic E-state index is 5.99. The molecule has 25 heavy (non-hydrogen) atoms. The normalized spacial score (nSPS) is 29.2. The largest absolute Gasteiger partial charge is 0.474 e. The van der Waals surface area contributed by atoms with Gasteiger partial charge in [-0.25, -0.2) is 4.98 Å². The first-order valence-electron chi connectivity index (χ1n) is 9.54. The molecule has 0 aromatic carbocycles. The predicted molar refractivity (Wildman–Crippen MR) is 96.8 cm³/mol. The molecule has 6 heteroatoms. The summed E-state index contributed by atoms with van der Waals surface area (Å²) in [6.07, 6.45) is 11.2. The van der Waals surface area contributed by atoms with Gasteiger partial charge in [0, 0.05) is 25.9 Å². The molecule has 3 heterocycles. The fourth-order valence-corrected chi connectivity index (χ4v) is 4.15. The molecule has 0 radical (unpaired) electrons. The molecule has 2 N–H and O–H groups in total. The number of aliphatic imine (C=N–C) groups is 1. The van der Waals surface area contributed by atoms with Gasteiger partial charge in [-0.3, -0.25) is 4.99 Å². The summed E-state index contributed by atoms with van der Waals surface area (Å²) in [6.45, 7) is 0.699. The second-order valence-electron chi connectivity index (χ2n) is 7.31. The van der Waals surface area contributed by atoms with Gasteiger partial charge in [0.15, 0.2) is 5.96 Å². The Kier molecular flexibility index (Phi) is 5.06. The van der Waals surface area contributed by atoms with E-state index in [0.717, 1.165) is 43.1 Å². The summed E-state index contributed by atoms with van der Waals surface area (Å²) in [7, 11) is 1.81. The zero-order valence-electron chi connectivity index (χ0n) is 14.9.